The third-order valence-electron chi connectivity index (χ3n) is 2.03. The van der Waals surface area contributed by atoms with E-state index in [1.807, 2.05) is 0 Å². The van der Waals surface area contributed by atoms with E-state index in [0.29, 0.717) is 18.0 Å². The fourth-order valence-corrected chi connectivity index (χ4v) is 1.43. The van der Waals surface area contributed by atoms with Crippen LogP contribution in [-0.4, -0.2) is 27.7 Å². The summed E-state index contributed by atoms with van der Waals surface area (Å²) in [6, 6.07) is 3.18. The summed E-state index contributed by atoms with van der Waals surface area (Å²) in [7, 11) is 0. The number of nitrogens with one attached hydrogen (secondary N) is 1. The summed E-state index contributed by atoms with van der Waals surface area (Å²) in [4.78, 5) is 10.3. The summed E-state index contributed by atoms with van der Waals surface area (Å²) in [5, 5.41) is 0. The van der Waals surface area contributed by atoms with Crippen molar-refractivity contribution in [1.29, 1.82) is 0 Å². The fraction of sp³-hybridized carbons (Fsp3) is 0.400. The Labute approximate surface area is 94.8 Å². The van der Waals surface area contributed by atoms with Gasteiger partial charge in [0, 0.05) is 6.07 Å². The molecular weight excluding hydrogens is 235 g/mol. The van der Waals surface area contributed by atoms with Gasteiger partial charge < -0.3 is 9.72 Å². The zero-order valence-corrected chi connectivity index (χ0v) is 9.01. The minimum absolute atomic E-state index is 0.145. The van der Waals surface area contributed by atoms with Crippen LogP contribution in [0.15, 0.2) is 12.1 Å². The molecule has 0 amide bonds. The molecule has 0 fully saturated rings. The maximum absolute atomic E-state index is 12.2. The summed E-state index contributed by atoms with van der Waals surface area (Å²) >= 11 is 0. The highest BCUT2D eigenvalue weighted by molar-refractivity contribution is 5.71. The second kappa shape index (κ2) is 4.23. The van der Waals surface area contributed by atoms with E-state index in [0.717, 1.165) is 0 Å². The number of alkyl halides is 3. The molecule has 0 atom stereocenters. The van der Waals surface area contributed by atoms with Gasteiger partial charge in [-0.05, 0) is 13.0 Å². The Morgan fingerprint density at radius 1 is 1.29 bits per heavy atom. The molecule has 0 aliphatic carbocycles. The number of aromatic amines is 1. The number of halogens is 3. The predicted octanol–water partition coefficient (Wildman–Crippen LogP) is 2.46. The standard InChI is InChI=1S/C10H10F3N3O/c1-2-17-8-4-3-6-9(16-8)15-7(14-6)5-10(11,12)13/h3-4H,2,5H2,1H3,(H,14,15,16). The van der Waals surface area contributed by atoms with Gasteiger partial charge in [0.2, 0.25) is 5.88 Å². The number of hydrogen-bond donors (Lipinski definition) is 1. The number of nitrogens with zero attached hydrogens (tertiary/aromatic N) is 2. The highest BCUT2D eigenvalue weighted by Gasteiger charge is 2.29. The summed E-state index contributed by atoms with van der Waals surface area (Å²) in [6.45, 7) is 2.24. The Kier molecular flexibility index (Phi) is 2.91. The SMILES string of the molecule is CCOc1ccc2[nH]c(CC(F)(F)F)nc2n1. The van der Waals surface area contributed by atoms with Gasteiger partial charge in [-0.25, -0.2) is 4.98 Å². The average molecular weight is 245 g/mol. The van der Waals surface area contributed by atoms with Gasteiger partial charge in [0.15, 0.2) is 5.65 Å². The van der Waals surface area contributed by atoms with Crippen molar-refractivity contribution in [2.24, 2.45) is 0 Å². The Morgan fingerprint density at radius 2 is 2.06 bits per heavy atom. The van der Waals surface area contributed by atoms with E-state index in [-0.39, 0.29) is 11.5 Å². The van der Waals surface area contributed by atoms with Crippen LogP contribution in [0.1, 0.15) is 12.7 Å². The maximum Gasteiger partial charge on any atom is 0.396 e. The molecule has 0 saturated carbocycles. The molecule has 2 heterocycles. The number of aromatic nitrogens is 3. The summed E-state index contributed by atoms with van der Waals surface area (Å²) in [6.07, 6.45) is -5.37. The Bertz CT molecular complexity index is 521. The van der Waals surface area contributed by atoms with Crippen LogP contribution < -0.4 is 4.74 Å². The first kappa shape index (κ1) is 11.7. The first-order valence-electron chi connectivity index (χ1n) is 5.03. The molecule has 4 nitrogen and oxygen atoms in total. The third kappa shape index (κ3) is 2.86. The van der Waals surface area contributed by atoms with Gasteiger partial charge in [-0.2, -0.15) is 18.2 Å². The van der Waals surface area contributed by atoms with Crippen LogP contribution in [0.3, 0.4) is 0 Å². The van der Waals surface area contributed by atoms with E-state index in [9.17, 15) is 13.2 Å². The molecule has 17 heavy (non-hydrogen) atoms. The first-order valence-corrected chi connectivity index (χ1v) is 5.03. The Hall–Kier alpha value is -1.79. The summed E-state index contributed by atoms with van der Waals surface area (Å²) < 4.78 is 41.6. The average Bonchev–Trinajstić information content (AvgIpc) is 2.56. The number of fused-ring (bicyclic) bond motifs is 1. The van der Waals surface area contributed by atoms with Crippen molar-refractivity contribution in [3.05, 3.63) is 18.0 Å². The molecule has 2 rings (SSSR count). The molecule has 2 aromatic rings. The monoisotopic (exact) mass is 245 g/mol. The molecular formula is C10H10F3N3O. The summed E-state index contributed by atoms with van der Waals surface area (Å²) in [5.41, 5.74) is 0.697. The molecule has 0 saturated heterocycles. The van der Waals surface area contributed by atoms with Crippen molar-refractivity contribution < 1.29 is 17.9 Å². The topological polar surface area (TPSA) is 50.8 Å². The van der Waals surface area contributed by atoms with Gasteiger partial charge in [0.1, 0.15) is 12.2 Å². The van der Waals surface area contributed by atoms with Gasteiger partial charge in [-0.3, -0.25) is 0 Å². The van der Waals surface area contributed by atoms with E-state index in [1.165, 1.54) is 0 Å². The third-order valence-corrected chi connectivity index (χ3v) is 2.03. The minimum atomic E-state index is -4.28. The fourth-order valence-electron chi connectivity index (χ4n) is 1.43. The molecule has 0 aromatic carbocycles. The van der Waals surface area contributed by atoms with Gasteiger partial charge >= 0.3 is 6.18 Å². The zero-order chi connectivity index (χ0) is 12.5. The number of rotatable bonds is 3. The van der Waals surface area contributed by atoms with Gasteiger partial charge in [-0.1, -0.05) is 0 Å². The second-order valence-corrected chi connectivity index (χ2v) is 3.43. The Morgan fingerprint density at radius 3 is 2.71 bits per heavy atom. The zero-order valence-electron chi connectivity index (χ0n) is 9.01. The van der Waals surface area contributed by atoms with Gasteiger partial charge in [-0.15, -0.1) is 0 Å². The molecule has 2 aromatic heterocycles. The molecule has 0 aliphatic heterocycles. The molecule has 0 spiro atoms. The smallest absolute Gasteiger partial charge is 0.396 e. The van der Waals surface area contributed by atoms with Crippen LogP contribution in [0.5, 0.6) is 5.88 Å². The first-order chi connectivity index (χ1) is 7.98. The van der Waals surface area contributed by atoms with Crippen LogP contribution in [-0.2, 0) is 6.42 Å². The molecule has 0 bridgehead atoms. The van der Waals surface area contributed by atoms with E-state index in [1.54, 1.807) is 19.1 Å². The molecule has 0 aliphatic rings. The van der Waals surface area contributed by atoms with Gasteiger partial charge in [0.05, 0.1) is 12.1 Å². The van der Waals surface area contributed by atoms with Crippen molar-refractivity contribution in [1.82, 2.24) is 15.0 Å². The van der Waals surface area contributed by atoms with Crippen LogP contribution in [0.2, 0.25) is 0 Å². The number of hydrogen-bond acceptors (Lipinski definition) is 3. The molecule has 1 N–H and O–H groups in total. The van der Waals surface area contributed by atoms with Crippen molar-refractivity contribution in [3.8, 4) is 5.88 Å². The number of H-pyrrole nitrogens is 1. The predicted molar refractivity (Wildman–Crippen MR) is 54.8 cm³/mol. The summed E-state index contributed by atoms with van der Waals surface area (Å²) in [5.74, 6) is 0.207. The van der Waals surface area contributed by atoms with Crippen LogP contribution in [0.25, 0.3) is 11.2 Å². The van der Waals surface area contributed by atoms with E-state index in [4.69, 9.17) is 4.74 Å². The van der Waals surface area contributed by atoms with E-state index in [2.05, 4.69) is 15.0 Å². The molecule has 0 radical (unpaired) electrons. The normalized spacial score (nSPS) is 12.0. The second-order valence-electron chi connectivity index (χ2n) is 3.43. The van der Waals surface area contributed by atoms with Crippen molar-refractivity contribution >= 4 is 11.2 Å². The maximum atomic E-state index is 12.2. The highest BCUT2D eigenvalue weighted by Crippen LogP contribution is 2.21. The lowest BCUT2D eigenvalue weighted by atomic mass is 10.4. The lowest BCUT2D eigenvalue weighted by Gasteiger charge is -2.01. The van der Waals surface area contributed by atoms with E-state index < -0.39 is 12.6 Å². The minimum Gasteiger partial charge on any atom is -0.478 e. The number of imidazole rings is 1. The Balaban J connectivity index is 2.30. The molecule has 7 heteroatoms. The number of ether oxygens (including phenoxy) is 1. The van der Waals surface area contributed by atoms with E-state index >= 15 is 0 Å². The van der Waals surface area contributed by atoms with Crippen LogP contribution in [0, 0.1) is 0 Å². The number of pyridine rings is 1. The molecule has 0 unspecified atom stereocenters. The molecule has 92 valence electrons. The van der Waals surface area contributed by atoms with Crippen LogP contribution >= 0.6 is 0 Å². The quantitative estimate of drug-likeness (QED) is 0.903. The van der Waals surface area contributed by atoms with Crippen molar-refractivity contribution in [2.45, 2.75) is 19.5 Å². The van der Waals surface area contributed by atoms with Gasteiger partial charge in [0.25, 0.3) is 0 Å². The van der Waals surface area contributed by atoms with Crippen molar-refractivity contribution in [2.75, 3.05) is 6.61 Å². The lowest BCUT2D eigenvalue weighted by molar-refractivity contribution is -0.128. The lowest BCUT2D eigenvalue weighted by Crippen LogP contribution is -2.12. The van der Waals surface area contributed by atoms with Crippen LogP contribution in [0.4, 0.5) is 13.2 Å². The largest absolute Gasteiger partial charge is 0.478 e. The highest BCUT2D eigenvalue weighted by atomic mass is 19.4. The van der Waals surface area contributed by atoms with Crippen molar-refractivity contribution in [3.63, 3.8) is 0 Å².